The van der Waals surface area contributed by atoms with E-state index in [0.29, 0.717) is 22.6 Å². The third-order valence-corrected chi connectivity index (χ3v) is 5.25. The number of hydrogen-bond acceptors (Lipinski definition) is 4. The summed E-state index contributed by atoms with van der Waals surface area (Å²) in [6.07, 6.45) is 3.73. The smallest absolute Gasteiger partial charge is 0.150 e. The Balaban J connectivity index is 2.28. The molecule has 4 heteroatoms. The van der Waals surface area contributed by atoms with Crippen molar-refractivity contribution >= 4 is 12.6 Å². The van der Waals surface area contributed by atoms with Crippen LogP contribution in [0.2, 0.25) is 0 Å². The van der Waals surface area contributed by atoms with Crippen LogP contribution in [-0.4, -0.2) is 26.8 Å². The minimum absolute atomic E-state index is 0.273. The van der Waals surface area contributed by atoms with E-state index >= 15 is 0 Å². The Morgan fingerprint density at radius 1 is 0.767 bits per heavy atom. The summed E-state index contributed by atoms with van der Waals surface area (Å²) in [6.45, 7) is 2.16. The van der Waals surface area contributed by atoms with E-state index in [9.17, 15) is 9.59 Å². The Bertz CT molecular complexity index is 962. The number of benzene rings is 3. The molecule has 0 bridgehead atoms. The van der Waals surface area contributed by atoms with Gasteiger partial charge in [0.25, 0.3) is 0 Å². The van der Waals surface area contributed by atoms with Crippen LogP contribution in [0.25, 0.3) is 0 Å². The second kappa shape index (κ2) is 9.88. The molecule has 0 unspecified atom stereocenters. The number of carbonyl (C=O) groups excluding carboxylic acids is 2. The first-order valence-electron chi connectivity index (χ1n) is 10.00. The lowest BCUT2D eigenvalue weighted by Crippen LogP contribution is -2.09. The molecule has 0 aromatic heterocycles. The van der Waals surface area contributed by atoms with E-state index in [1.54, 1.807) is 38.5 Å². The lowest BCUT2D eigenvalue weighted by atomic mass is 9.82. The fourth-order valence-electron chi connectivity index (χ4n) is 3.80. The molecule has 154 valence electrons. The van der Waals surface area contributed by atoms with Crippen LogP contribution in [-0.2, 0) is 6.42 Å². The van der Waals surface area contributed by atoms with Crippen LogP contribution in [0.15, 0.2) is 60.7 Å². The van der Waals surface area contributed by atoms with Gasteiger partial charge in [0.2, 0.25) is 0 Å². The van der Waals surface area contributed by atoms with Crippen LogP contribution in [0.4, 0.5) is 0 Å². The molecule has 0 heterocycles. The summed E-state index contributed by atoms with van der Waals surface area (Å²) in [4.78, 5) is 23.0. The van der Waals surface area contributed by atoms with Crippen LogP contribution >= 0.6 is 0 Å². The third-order valence-electron chi connectivity index (χ3n) is 5.25. The van der Waals surface area contributed by atoms with Gasteiger partial charge in [0.15, 0.2) is 0 Å². The number of aryl methyl sites for hydroxylation is 1. The molecule has 0 spiro atoms. The minimum atomic E-state index is -0.273. The summed E-state index contributed by atoms with van der Waals surface area (Å²) in [5.41, 5.74) is 5.09. The fraction of sp³-hybridized carbons (Fsp3) is 0.231. The quantitative estimate of drug-likeness (QED) is 0.352. The van der Waals surface area contributed by atoms with Gasteiger partial charge in [-0.15, -0.1) is 0 Å². The second-order valence-electron chi connectivity index (χ2n) is 7.16. The molecule has 0 fully saturated rings. The summed E-state index contributed by atoms with van der Waals surface area (Å²) in [7, 11) is 3.22. The molecule has 4 nitrogen and oxygen atoms in total. The van der Waals surface area contributed by atoms with E-state index in [1.165, 1.54) is 5.56 Å². The molecule has 0 atom stereocenters. The monoisotopic (exact) mass is 402 g/mol. The number of rotatable bonds is 9. The molecule has 0 saturated heterocycles. The topological polar surface area (TPSA) is 52.6 Å². The van der Waals surface area contributed by atoms with Crippen molar-refractivity contribution < 1.29 is 19.1 Å². The molecule has 0 saturated carbocycles. The Kier molecular flexibility index (Phi) is 7.02. The Labute approximate surface area is 177 Å². The normalized spacial score (nSPS) is 10.7. The maximum absolute atomic E-state index is 11.5. The zero-order valence-corrected chi connectivity index (χ0v) is 17.6. The molecule has 0 N–H and O–H groups in total. The lowest BCUT2D eigenvalue weighted by Gasteiger charge is -2.24. The van der Waals surface area contributed by atoms with E-state index in [4.69, 9.17) is 9.47 Å². The van der Waals surface area contributed by atoms with Gasteiger partial charge in [0, 0.05) is 28.2 Å². The molecular formula is C26H26O4. The van der Waals surface area contributed by atoms with Gasteiger partial charge in [0.1, 0.15) is 24.1 Å². The summed E-state index contributed by atoms with van der Waals surface area (Å²) < 4.78 is 11.3. The first-order valence-corrected chi connectivity index (χ1v) is 10.00. The van der Waals surface area contributed by atoms with Crippen molar-refractivity contribution in [2.75, 3.05) is 14.2 Å². The van der Waals surface area contributed by atoms with E-state index in [2.05, 4.69) is 31.2 Å². The highest BCUT2D eigenvalue weighted by Crippen LogP contribution is 2.41. The predicted molar refractivity (Wildman–Crippen MR) is 118 cm³/mol. The number of methoxy groups -OCH3 is 2. The Morgan fingerprint density at radius 2 is 1.27 bits per heavy atom. The minimum Gasteiger partial charge on any atom is -0.496 e. The number of aldehydes is 2. The molecule has 30 heavy (non-hydrogen) atoms. The largest absolute Gasteiger partial charge is 0.496 e. The third kappa shape index (κ3) is 4.43. The van der Waals surface area contributed by atoms with E-state index in [0.717, 1.165) is 42.1 Å². The maximum Gasteiger partial charge on any atom is 0.150 e. The van der Waals surface area contributed by atoms with Crippen LogP contribution in [0.1, 0.15) is 62.2 Å². The van der Waals surface area contributed by atoms with Gasteiger partial charge in [-0.25, -0.2) is 0 Å². The summed E-state index contributed by atoms with van der Waals surface area (Å²) in [5, 5.41) is 0. The molecule has 0 amide bonds. The van der Waals surface area contributed by atoms with Crippen molar-refractivity contribution in [1.82, 2.24) is 0 Å². The predicted octanol–water partition coefficient (Wildman–Crippen LogP) is 5.46. The number of carbonyl (C=O) groups is 2. The van der Waals surface area contributed by atoms with Gasteiger partial charge in [-0.1, -0.05) is 37.6 Å². The van der Waals surface area contributed by atoms with E-state index in [1.807, 2.05) is 12.1 Å². The molecule has 3 rings (SSSR count). The van der Waals surface area contributed by atoms with Crippen molar-refractivity contribution in [3.8, 4) is 11.5 Å². The number of ether oxygens (including phenoxy) is 2. The maximum atomic E-state index is 11.5. The van der Waals surface area contributed by atoms with Crippen LogP contribution < -0.4 is 9.47 Å². The van der Waals surface area contributed by atoms with Gasteiger partial charge in [0.05, 0.1) is 14.2 Å². The van der Waals surface area contributed by atoms with Gasteiger partial charge in [-0.05, 0) is 53.9 Å². The van der Waals surface area contributed by atoms with Gasteiger partial charge in [-0.3, -0.25) is 9.59 Å². The number of hydrogen-bond donors (Lipinski definition) is 0. The Hall–Kier alpha value is -3.40. The standard InChI is InChI=1S/C26H26O4/c1-4-5-18-6-10-21(11-7-18)26(22-14-19(16-27)8-12-24(22)29-2)23-15-20(17-28)9-13-25(23)30-3/h6-17,26H,4-5H2,1-3H3. The van der Waals surface area contributed by atoms with Crippen molar-refractivity contribution in [3.05, 3.63) is 94.0 Å². The van der Waals surface area contributed by atoms with Crippen molar-refractivity contribution in [2.24, 2.45) is 0 Å². The highest BCUT2D eigenvalue weighted by molar-refractivity contribution is 5.78. The highest BCUT2D eigenvalue weighted by Gasteiger charge is 2.25. The van der Waals surface area contributed by atoms with E-state index in [-0.39, 0.29) is 5.92 Å². The zero-order chi connectivity index (χ0) is 21.5. The summed E-state index contributed by atoms with van der Waals surface area (Å²) >= 11 is 0. The van der Waals surface area contributed by atoms with Crippen LogP contribution in [0.5, 0.6) is 11.5 Å². The SMILES string of the molecule is CCCc1ccc(C(c2cc(C=O)ccc2OC)c2cc(C=O)ccc2OC)cc1. The molecule has 0 aliphatic heterocycles. The lowest BCUT2D eigenvalue weighted by molar-refractivity contribution is 0.111. The molecular weight excluding hydrogens is 376 g/mol. The van der Waals surface area contributed by atoms with Crippen molar-refractivity contribution in [1.29, 1.82) is 0 Å². The van der Waals surface area contributed by atoms with Crippen molar-refractivity contribution in [2.45, 2.75) is 25.7 Å². The summed E-state index contributed by atoms with van der Waals surface area (Å²) in [6, 6.07) is 19.2. The second-order valence-corrected chi connectivity index (χ2v) is 7.16. The Morgan fingerprint density at radius 3 is 1.67 bits per heavy atom. The fourth-order valence-corrected chi connectivity index (χ4v) is 3.80. The summed E-state index contributed by atoms with van der Waals surface area (Å²) in [5.74, 6) is 1.06. The first kappa shape index (κ1) is 21.3. The average Bonchev–Trinajstić information content (AvgIpc) is 2.80. The van der Waals surface area contributed by atoms with Gasteiger partial charge in [-0.2, -0.15) is 0 Å². The van der Waals surface area contributed by atoms with Crippen LogP contribution in [0.3, 0.4) is 0 Å². The van der Waals surface area contributed by atoms with Gasteiger partial charge < -0.3 is 9.47 Å². The van der Waals surface area contributed by atoms with Crippen LogP contribution in [0, 0.1) is 0 Å². The van der Waals surface area contributed by atoms with Gasteiger partial charge >= 0.3 is 0 Å². The molecule has 3 aromatic carbocycles. The molecule has 3 aromatic rings. The van der Waals surface area contributed by atoms with E-state index < -0.39 is 0 Å². The highest BCUT2D eigenvalue weighted by atomic mass is 16.5. The zero-order valence-electron chi connectivity index (χ0n) is 17.6. The molecule has 0 aliphatic rings. The average molecular weight is 402 g/mol. The van der Waals surface area contributed by atoms with Crippen molar-refractivity contribution in [3.63, 3.8) is 0 Å². The molecule has 0 aliphatic carbocycles. The molecule has 0 radical (unpaired) electrons. The first-order chi connectivity index (χ1) is 14.6.